The van der Waals surface area contributed by atoms with Gasteiger partial charge >= 0.3 is 6.09 Å². The molecule has 10 heteroatoms. The average Bonchev–Trinajstić information content (AvgIpc) is 3.18. The minimum Gasteiger partial charge on any atom is -0.444 e. The van der Waals surface area contributed by atoms with Gasteiger partial charge in [0.1, 0.15) is 5.60 Å². The van der Waals surface area contributed by atoms with Gasteiger partial charge in [-0.2, -0.15) is 0 Å². The molecule has 2 heterocycles. The number of nitrogens with one attached hydrogen (secondary N) is 1. The van der Waals surface area contributed by atoms with Crippen molar-refractivity contribution in [1.29, 1.82) is 0 Å². The average molecular weight is 394 g/mol. The highest BCUT2D eigenvalue weighted by molar-refractivity contribution is 7.84. The molecule has 1 aromatic heterocycles. The fourth-order valence-electron chi connectivity index (χ4n) is 2.95. The van der Waals surface area contributed by atoms with Crippen LogP contribution < -0.4 is 0 Å². The zero-order chi connectivity index (χ0) is 19.8. The van der Waals surface area contributed by atoms with E-state index in [0.29, 0.717) is 35.0 Å². The number of hydrogen-bond donors (Lipinski definition) is 1. The molecule has 1 amide bonds. The van der Waals surface area contributed by atoms with Crippen LogP contribution in [0, 0.1) is 16.0 Å². The molecule has 9 nitrogen and oxygen atoms in total. The molecule has 2 atom stereocenters. The first-order valence-electron chi connectivity index (χ1n) is 8.63. The van der Waals surface area contributed by atoms with Crippen LogP contribution >= 0.6 is 0 Å². The van der Waals surface area contributed by atoms with Crippen LogP contribution in [0.1, 0.15) is 27.2 Å². The molecule has 1 aliphatic heterocycles. The highest BCUT2D eigenvalue weighted by Gasteiger charge is 2.31. The van der Waals surface area contributed by atoms with Crippen LogP contribution in [0.5, 0.6) is 0 Å². The highest BCUT2D eigenvalue weighted by Crippen LogP contribution is 2.23. The van der Waals surface area contributed by atoms with Gasteiger partial charge in [0.15, 0.2) is 5.16 Å². The van der Waals surface area contributed by atoms with Gasteiger partial charge in [-0.05, 0) is 39.2 Å². The topological polar surface area (TPSA) is 118 Å². The predicted octanol–water partition coefficient (Wildman–Crippen LogP) is 2.84. The fourth-order valence-corrected chi connectivity index (χ4v) is 4.23. The van der Waals surface area contributed by atoms with Crippen LogP contribution in [0.2, 0.25) is 0 Å². The molecule has 1 aliphatic rings. The fraction of sp³-hybridized carbons (Fsp3) is 0.529. The Morgan fingerprint density at radius 1 is 1.48 bits per heavy atom. The number of rotatable bonds is 4. The Bertz CT molecular complexity index is 904. The van der Waals surface area contributed by atoms with Gasteiger partial charge in [-0.3, -0.25) is 14.3 Å². The molecule has 0 spiro atoms. The summed E-state index contributed by atoms with van der Waals surface area (Å²) in [5, 5.41) is 11.1. The lowest BCUT2D eigenvalue weighted by atomic mass is 10.2. The van der Waals surface area contributed by atoms with E-state index < -0.39 is 21.3 Å². The van der Waals surface area contributed by atoms with Gasteiger partial charge in [0.05, 0.1) is 26.8 Å². The van der Waals surface area contributed by atoms with Crippen molar-refractivity contribution in [2.24, 2.45) is 5.92 Å². The zero-order valence-electron chi connectivity index (χ0n) is 15.4. The number of non-ortho nitro benzene ring substituents is 1. The molecule has 0 unspecified atom stereocenters. The number of fused-ring (bicyclic) bond motifs is 1. The SMILES string of the molecule is CC(C)(C)OC(=O)N1CC[C@@H](C[S@](=O)c2nc3ccc([N+](=O)[O-])cc3[nH]2)C1. The Labute approximate surface area is 158 Å². The van der Waals surface area contributed by atoms with E-state index in [9.17, 15) is 19.1 Å². The monoisotopic (exact) mass is 394 g/mol. The Morgan fingerprint density at radius 2 is 2.22 bits per heavy atom. The van der Waals surface area contributed by atoms with Crippen LogP contribution in [0.15, 0.2) is 23.4 Å². The number of carbonyl (C=O) groups is 1. The molecule has 27 heavy (non-hydrogen) atoms. The summed E-state index contributed by atoms with van der Waals surface area (Å²) in [5.41, 5.74) is 0.418. The van der Waals surface area contributed by atoms with Crippen LogP contribution in [0.4, 0.5) is 10.5 Å². The largest absolute Gasteiger partial charge is 0.444 e. The van der Waals surface area contributed by atoms with Crippen LogP contribution in [-0.4, -0.2) is 54.5 Å². The summed E-state index contributed by atoms with van der Waals surface area (Å²) in [6.45, 7) is 6.52. The summed E-state index contributed by atoms with van der Waals surface area (Å²) in [6.07, 6.45) is 0.392. The van der Waals surface area contributed by atoms with E-state index in [0.717, 1.165) is 6.42 Å². The van der Waals surface area contributed by atoms with Crippen LogP contribution in [0.3, 0.4) is 0 Å². The Balaban J connectivity index is 1.63. The van der Waals surface area contributed by atoms with Gasteiger partial charge in [-0.15, -0.1) is 0 Å². The molecule has 3 rings (SSSR count). The molecule has 1 N–H and O–H groups in total. The summed E-state index contributed by atoms with van der Waals surface area (Å²) >= 11 is 0. The number of nitro groups is 1. The molecule has 0 saturated carbocycles. The number of benzene rings is 1. The number of ether oxygens (including phenoxy) is 1. The molecule has 1 saturated heterocycles. The van der Waals surface area contributed by atoms with E-state index in [1.165, 1.54) is 18.2 Å². The number of hydrogen-bond acceptors (Lipinski definition) is 6. The molecular weight excluding hydrogens is 372 g/mol. The van der Waals surface area contributed by atoms with Gasteiger partial charge in [-0.1, -0.05) is 0 Å². The maximum Gasteiger partial charge on any atom is 0.410 e. The number of nitro benzene ring substituents is 1. The number of imidazole rings is 1. The smallest absolute Gasteiger partial charge is 0.410 e. The summed E-state index contributed by atoms with van der Waals surface area (Å²) in [6, 6.07) is 4.28. The first-order chi connectivity index (χ1) is 12.6. The van der Waals surface area contributed by atoms with E-state index in [-0.39, 0.29) is 17.7 Å². The van der Waals surface area contributed by atoms with Crippen molar-refractivity contribution in [2.75, 3.05) is 18.8 Å². The van der Waals surface area contributed by atoms with Crippen LogP contribution in [-0.2, 0) is 15.5 Å². The van der Waals surface area contributed by atoms with Crippen molar-refractivity contribution in [3.8, 4) is 0 Å². The number of carbonyl (C=O) groups excluding carboxylic acids is 1. The summed E-state index contributed by atoms with van der Waals surface area (Å²) in [4.78, 5) is 31.3. The number of likely N-dealkylation sites (tertiary alicyclic amines) is 1. The molecule has 0 bridgehead atoms. The number of aromatic nitrogens is 2. The lowest BCUT2D eigenvalue weighted by Gasteiger charge is -2.24. The van der Waals surface area contributed by atoms with E-state index in [2.05, 4.69) is 9.97 Å². The second-order valence-electron chi connectivity index (χ2n) is 7.59. The van der Waals surface area contributed by atoms with E-state index >= 15 is 0 Å². The lowest BCUT2D eigenvalue weighted by molar-refractivity contribution is -0.384. The minimum absolute atomic E-state index is 0.0488. The Morgan fingerprint density at radius 3 is 2.89 bits per heavy atom. The maximum atomic E-state index is 12.6. The zero-order valence-corrected chi connectivity index (χ0v) is 16.2. The Hall–Kier alpha value is -2.49. The van der Waals surface area contributed by atoms with Crippen molar-refractivity contribution in [3.05, 3.63) is 28.3 Å². The number of amides is 1. The highest BCUT2D eigenvalue weighted by atomic mass is 32.2. The summed E-state index contributed by atoms with van der Waals surface area (Å²) in [5.74, 6) is 0.446. The maximum absolute atomic E-state index is 12.6. The number of H-pyrrole nitrogens is 1. The van der Waals surface area contributed by atoms with E-state index in [1.54, 1.807) is 4.90 Å². The molecule has 2 aromatic rings. The van der Waals surface area contributed by atoms with Crippen molar-refractivity contribution in [2.45, 2.75) is 37.9 Å². The molecule has 1 aromatic carbocycles. The first-order valence-corrected chi connectivity index (χ1v) is 9.95. The first kappa shape index (κ1) is 19.3. The molecule has 0 aliphatic carbocycles. The number of nitrogens with zero attached hydrogens (tertiary/aromatic N) is 3. The molecular formula is C17H22N4O5S. The molecule has 0 radical (unpaired) electrons. The normalized spacial score (nSPS) is 18.6. The standard InChI is InChI=1S/C17H22N4O5S/c1-17(2,3)26-16(22)20-7-6-11(9-20)10-27(25)15-18-13-5-4-12(21(23)24)8-14(13)19-15/h4-5,8,11H,6-7,9-10H2,1-3H3,(H,18,19)/t11-,27+/m1/s1. The molecule has 1 fully saturated rings. The van der Waals surface area contributed by atoms with E-state index in [1.807, 2.05) is 20.8 Å². The van der Waals surface area contributed by atoms with Gasteiger partial charge in [0.25, 0.3) is 5.69 Å². The minimum atomic E-state index is -1.39. The van der Waals surface area contributed by atoms with Crippen molar-refractivity contribution < 1.29 is 18.7 Å². The van der Waals surface area contributed by atoms with Crippen molar-refractivity contribution in [1.82, 2.24) is 14.9 Å². The lowest BCUT2D eigenvalue weighted by Crippen LogP contribution is -2.35. The van der Waals surface area contributed by atoms with E-state index in [4.69, 9.17) is 4.74 Å². The quantitative estimate of drug-likeness (QED) is 0.629. The van der Waals surface area contributed by atoms with Gasteiger partial charge in [-0.25, -0.2) is 9.78 Å². The van der Waals surface area contributed by atoms with Crippen molar-refractivity contribution >= 4 is 33.6 Å². The third-order valence-corrected chi connectivity index (χ3v) is 5.59. The Kier molecular flexibility index (Phi) is 5.18. The third kappa shape index (κ3) is 4.62. The van der Waals surface area contributed by atoms with Gasteiger partial charge in [0.2, 0.25) is 0 Å². The third-order valence-electron chi connectivity index (χ3n) is 4.19. The molecule has 146 valence electrons. The second kappa shape index (κ2) is 7.26. The van der Waals surface area contributed by atoms with Gasteiger partial charge in [0, 0.05) is 31.0 Å². The second-order valence-corrected chi connectivity index (χ2v) is 9.00. The van der Waals surface area contributed by atoms with Crippen molar-refractivity contribution in [3.63, 3.8) is 0 Å². The summed E-state index contributed by atoms with van der Waals surface area (Å²) in [7, 11) is -1.39. The van der Waals surface area contributed by atoms with Crippen LogP contribution in [0.25, 0.3) is 11.0 Å². The predicted molar refractivity (Wildman–Crippen MR) is 99.9 cm³/mol. The van der Waals surface area contributed by atoms with Gasteiger partial charge < -0.3 is 14.6 Å². The summed E-state index contributed by atoms with van der Waals surface area (Å²) < 4.78 is 18.0. The number of aromatic amines is 1.